The number of H-pyrrole nitrogens is 1. The zero-order valence-corrected chi connectivity index (χ0v) is 13.4. The Morgan fingerprint density at radius 1 is 1.18 bits per heavy atom. The van der Waals surface area contributed by atoms with Crippen LogP contribution < -0.4 is 4.74 Å². The van der Waals surface area contributed by atoms with E-state index < -0.39 is 0 Å². The van der Waals surface area contributed by atoms with E-state index in [-0.39, 0.29) is 5.91 Å². The average molecular weight is 300 g/mol. The van der Waals surface area contributed by atoms with Crippen molar-refractivity contribution in [1.82, 2.24) is 9.88 Å². The summed E-state index contributed by atoms with van der Waals surface area (Å²) in [4.78, 5) is 17.9. The number of aromatic nitrogens is 1. The van der Waals surface area contributed by atoms with Crippen molar-refractivity contribution < 1.29 is 9.53 Å². The number of benzene rings is 1. The molecule has 0 atom stereocenters. The Hall–Kier alpha value is -1.97. The number of hydrogen-bond donors (Lipinski definition) is 1. The van der Waals surface area contributed by atoms with Gasteiger partial charge in [-0.25, -0.2) is 0 Å². The lowest BCUT2D eigenvalue weighted by Crippen LogP contribution is -2.36. The van der Waals surface area contributed by atoms with Gasteiger partial charge in [-0.3, -0.25) is 4.79 Å². The summed E-state index contributed by atoms with van der Waals surface area (Å²) in [6.07, 6.45) is 7.29. The molecule has 1 fully saturated rings. The number of hydrogen-bond acceptors (Lipinski definition) is 2. The van der Waals surface area contributed by atoms with Crippen LogP contribution in [0.5, 0.6) is 5.75 Å². The molecule has 118 valence electrons. The third-order valence-electron chi connectivity index (χ3n) is 4.75. The van der Waals surface area contributed by atoms with Gasteiger partial charge in [-0.2, -0.15) is 0 Å². The first-order chi connectivity index (χ1) is 10.7. The molecule has 0 radical (unpaired) electrons. The maximum absolute atomic E-state index is 12.7. The highest BCUT2D eigenvalue weighted by molar-refractivity contribution is 5.98. The van der Waals surface area contributed by atoms with Gasteiger partial charge in [0.15, 0.2) is 0 Å². The number of nitrogens with zero attached hydrogens (tertiary/aromatic N) is 1. The lowest BCUT2D eigenvalue weighted by molar-refractivity contribution is 0.0712. The van der Waals surface area contributed by atoms with Gasteiger partial charge in [0.2, 0.25) is 0 Å². The third kappa shape index (κ3) is 2.96. The summed E-state index contributed by atoms with van der Waals surface area (Å²) in [5.74, 6) is 0.882. The summed E-state index contributed by atoms with van der Waals surface area (Å²) in [7, 11) is 3.58. The molecule has 0 aliphatic heterocycles. The summed E-state index contributed by atoms with van der Waals surface area (Å²) in [6, 6.07) is 8.13. The fourth-order valence-electron chi connectivity index (χ4n) is 3.35. The van der Waals surface area contributed by atoms with Crippen molar-refractivity contribution in [1.29, 1.82) is 0 Å². The van der Waals surface area contributed by atoms with Crippen molar-refractivity contribution in [3.8, 4) is 5.75 Å². The number of carbonyl (C=O) groups excluding carboxylic acids is 1. The fraction of sp³-hybridized carbons (Fsp3) is 0.500. The molecule has 1 amide bonds. The normalized spacial score (nSPS) is 16.5. The minimum Gasteiger partial charge on any atom is -0.497 e. The van der Waals surface area contributed by atoms with Crippen LogP contribution in [-0.2, 0) is 0 Å². The first kappa shape index (κ1) is 14.9. The van der Waals surface area contributed by atoms with Crippen LogP contribution in [0.15, 0.2) is 24.3 Å². The Morgan fingerprint density at radius 3 is 2.59 bits per heavy atom. The van der Waals surface area contributed by atoms with Gasteiger partial charge in [0.25, 0.3) is 5.91 Å². The van der Waals surface area contributed by atoms with Crippen molar-refractivity contribution >= 4 is 16.8 Å². The molecule has 1 N–H and O–H groups in total. The zero-order valence-electron chi connectivity index (χ0n) is 13.4. The zero-order chi connectivity index (χ0) is 15.5. The quantitative estimate of drug-likeness (QED) is 0.872. The number of amides is 1. The average Bonchev–Trinajstić information content (AvgIpc) is 2.77. The lowest BCUT2D eigenvalue weighted by Gasteiger charge is -2.26. The van der Waals surface area contributed by atoms with E-state index in [1.54, 1.807) is 7.11 Å². The second-order valence-corrected chi connectivity index (χ2v) is 6.20. The maximum atomic E-state index is 12.7. The number of carbonyl (C=O) groups is 1. The SMILES string of the molecule is COc1ccc2cc(C(=O)N(C)C3CCCCCC3)[nH]c2c1. The Bertz CT molecular complexity index is 654. The number of fused-ring (bicyclic) bond motifs is 1. The predicted octanol–water partition coefficient (Wildman–Crippen LogP) is 3.97. The van der Waals surface area contributed by atoms with Crippen molar-refractivity contribution in [2.75, 3.05) is 14.2 Å². The number of ether oxygens (including phenoxy) is 1. The van der Waals surface area contributed by atoms with Crippen LogP contribution in [0.1, 0.15) is 49.0 Å². The molecule has 1 aliphatic carbocycles. The van der Waals surface area contributed by atoms with E-state index in [1.807, 2.05) is 36.2 Å². The van der Waals surface area contributed by atoms with Gasteiger partial charge in [0, 0.05) is 30.1 Å². The van der Waals surface area contributed by atoms with E-state index in [0.29, 0.717) is 11.7 Å². The van der Waals surface area contributed by atoms with Crippen LogP contribution in [0, 0.1) is 0 Å². The fourth-order valence-corrected chi connectivity index (χ4v) is 3.35. The molecule has 0 unspecified atom stereocenters. The summed E-state index contributed by atoms with van der Waals surface area (Å²) in [6.45, 7) is 0. The van der Waals surface area contributed by atoms with Gasteiger partial charge in [-0.05, 0) is 31.0 Å². The highest BCUT2D eigenvalue weighted by Crippen LogP contribution is 2.25. The molecule has 4 nitrogen and oxygen atoms in total. The molecule has 1 aromatic heterocycles. The third-order valence-corrected chi connectivity index (χ3v) is 4.75. The standard InChI is InChI=1S/C18H24N2O2/c1-20(14-7-5-3-4-6-8-14)18(21)17-11-13-9-10-15(22-2)12-16(13)19-17/h9-12,14,19H,3-8H2,1-2H3. The van der Waals surface area contributed by atoms with Gasteiger partial charge in [0.1, 0.15) is 11.4 Å². The van der Waals surface area contributed by atoms with Gasteiger partial charge in [0.05, 0.1) is 7.11 Å². The minimum atomic E-state index is 0.0852. The molecule has 22 heavy (non-hydrogen) atoms. The summed E-state index contributed by atoms with van der Waals surface area (Å²) >= 11 is 0. The molecule has 0 bridgehead atoms. The van der Waals surface area contributed by atoms with E-state index in [0.717, 1.165) is 29.5 Å². The molecule has 4 heteroatoms. The topological polar surface area (TPSA) is 45.3 Å². The van der Waals surface area contributed by atoms with E-state index in [9.17, 15) is 4.79 Å². The Balaban J connectivity index is 1.81. The molecule has 1 heterocycles. The molecule has 1 saturated carbocycles. The molecule has 0 spiro atoms. The van der Waals surface area contributed by atoms with E-state index in [1.165, 1.54) is 25.7 Å². The van der Waals surface area contributed by atoms with Gasteiger partial charge >= 0.3 is 0 Å². The second-order valence-electron chi connectivity index (χ2n) is 6.20. The number of aromatic amines is 1. The molecule has 2 aromatic rings. The smallest absolute Gasteiger partial charge is 0.270 e. The van der Waals surface area contributed by atoms with Gasteiger partial charge in [-0.1, -0.05) is 25.7 Å². The Labute approximate surface area is 131 Å². The van der Waals surface area contributed by atoms with E-state index in [4.69, 9.17) is 4.74 Å². The van der Waals surface area contributed by atoms with Crippen molar-refractivity contribution in [3.63, 3.8) is 0 Å². The number of rotatable bonds is 3. The first-order valence-electron chi connectivity index (χ1n) is 8.13. The minimum absolute atomic E-state index is 0.0852. The predicted molar refractivity (Wildman–Crippen MR) is 88.4 cm³/mol. The van der Waals surface area contributed by atoms with Crippen LogP contribution in [0.3, 0.4) is 0 Å². The highest BCUT2D eigenvalue weighted by atomic mass is 16.5. The van der Waals surface area contributed by atoms with Crippen molar-refractivity contribution in [2.24, 2.45) is 0 Å². The van der Waals surface area contributed by atoms with Crippen LogP contribution >= 0.6 is 0 Å². The van der Waals surface area contributed by atoms with Crippen LogP contribution in [0.25, 0.3) is 10.9 Å². The van der Waals surface area contributed by atoms with Gasteiger partial charge in [-0.15, -0.1) is 0 Å². The summed E-state index contributed by atoms with van der Waals surface area (Å²) in [5, 5.41) is 1.04. The Kier molecular flexibility index (Phi) is 4.36. The second kappa shape index (κ2) is 6.42. The first-order valence-corrected chi connectivity index (χ1v) is 8.13. The number of methoxy groups -OCH3 is 1. The molecule has 3 rings (SSSR count). The summed E-state index contributed by atoms with van der Waals surface area (Å²) in [5.41, 5.74) is 1.60. The largest absolute Gasteiger partial charge is 0.497 e. The van der Waals surface area contributed by atoms with E-state index in [2.05, 4.69) is 4.98 Å². The van der Waals surface area contributed by atoms with E-state index >= 15 is 0 Å². The van der Waals surface area contributed by atoms with Crippen LogP contribution in [-0.4, -0.2) is 36.0 Å². The lowest BCUT2D eigenvalue weighted by atomic mass is 10.1. The highest BCUT2D eigenvalue weighted by Gasteiger charge is 2.23. The molecule has 0 saturated heterocycles. The molecule has 1 aromatic carbocycles. The van der Waals surface area contributed by atoms with Crippen LogP contribution in [0.2, 0.25) is 0 Å². The van der Waals surface area contributed by atoms with Crippen molar-refractivity contribution in [2.45, 2.75) is 44.6 Å². The molecular weight excluding hydrogens is 276 g/mol. The summed E-state index contributed by atoms with van der Waals surface area (Å²) < 4.78 is 5.23. The Morgan fingerprint density at radius 2 is 1.91 bits per heavy atom. The van der Waals surface area contributed by atoms with Crippen molar-refractivity contribution in [3.05, 3.63) is 30.0 Å². The maximum Gasteiger partial charge on any atom is 0.270 e. The van der Waals surface area contributed by atoms with Crippen LogP contribution in [0.4, 0.5) is 0 Å². The van der Waals surface area contributed by atoms with Gasteiger partial charge < -0.3 is 14.6 Å². The molecule has 1 aliphatic rings. The number of nitrogens with one attached hydrogen (secondary N) is 1. The molecular formula is C18H24N2O2. The monoisotopic (exact) mass is 300 g/mol.